The van der Waals surface area contributed by atoms with Crippen LogP contribution < -0.4 is 10.6 Å². The lowest BCUT2D eigenvalue weighted by atomic mass is 9.97. The van der Waals surface area contributed by atoms with Crippen molar-refractivity contribution in [3.63, 3.8) is 0 Å². The number of aliphatic imine (C=N–C) groups is 1. The molecule has 138 valence electrons. The molecular formula is C19H36N4O. The number of likely N-dealkylation sites (tertiary alicyclic amines) is 1. The van der Waals surface area contributed by atoms with Gasteiger partial charge in [-0.3, -0.25) is 9.89 Å². The topological polar surface area (TPSA) is 48.9 Å². The molecule has 1 unspecified atom stereocenters. The van der Waals surface area contributed by atoms with Crippen molar-refractivity contribution < 1.29 is 4.74 Å². The molecule has 0 radical (unpaired) electrons. The molecule has 5 nitrogen and oxygen atoms in total. The van der Waals surface area contributed by atoms with Crippen molar-refractivity contribution in [1.82, 2.24) is 15.5 Å². The summed E-state index contributed by atoms with van der Waals surface area (Å²) in [4.78, 5) is 7.35. The molecule has 0 spiro atoms. The summed E-state index contributed by atoms with van der Waals surface area (Å²) < 4.78 is 5.22. The van der Waals surface area contributed by atoms with Crippen LogP contribution >= 0.6 is 0 Å². The number of rotatable bonds is 9. The first kappa shape index (κ1) is 19.3. The van der Waals surface area contributed by atoms with Gasteiger partial charge in [0.1, 0.15) is 0 Å². The van der Waals surface area contributed by atoms with Crippen LogP contribution in [0.4, 0.5) is 0 Å². The molecule has 24 heavy (non-hydrogen) atoms. The standard InChI is InChI=1S/C19H36N4O/c1-3-20-19(21-12-11-17-8-5-4-6-9-17)22-16-18-10-7-13-23(18)14-15-24-2/h8,18H,3-7,9-16H2,1-2H3,(H2,20,21,22). The maximum Gasteiger partial charge on any atom is 0.191 e. The zero-order valence-electron chi connectivity index (χ0n) is 15.6. The number of ether oxygens (including phenoxy) is 1. The van der Waals surface area contributed by atoms with E-state index in [1.165, 1.54) is 45.1 Å². The summed E-state index contributed by atoms with van der Waals surface area (Å²) >= 11 is 0. The Morgan fingerprint density at radius 3 is 3.00 bits per heavy atom. The molecule has 0 saturated carbocycles. The summed E-state index contributed by atoms with van der Waals surface area (Å²) in [6.07, 6.45) is 11.4. The number of nitrogens with one attached hydrogen (secondary N) is 2. The van der Waals surface area contributed by atoms with Gasteiger partial charge in [-0.1, -0.05) is 11.6 Å². The Kier molecular flexibility index (Phi) is 9.21. The molecule has 1 heterocycles. The largest absolute Gasteiger partial charge is 0.383 e. The average Bonchev–Trinajstić information content (AvgIpc) is 3.06. The Hall–Kier alpha value is -1.07. The highest BCUT2D eigenvalue weighted by Gasteiger charge is 2.23. The van der Waals surface area contributed by atoms with Gasteiger partial charge in [-0.25, -0.2) is 0 Å². The van der Waals surface area contributed by atoms with E-state index in [2.05, 4.69) is 28.5 Å². The van der Waals surface area contributed by atoms with Crippen LogP contribution in [0.25, 0.3) is 0 Å². The van der Waals surface area contributed by atoms with E-state index in [1.54, 1.807) is 12.7 Å². The Morgan fingerprint density at radius 2 is 2.25 bits per heavy atom. The van der Waals surface area contributed by atoms with Crippen LogP contribution in [-0.2, 0) is 4.74 Å². The second kappa shape index (κ2) is 11.5. The van der Waals surface area contributed by atoms with E-state index in [1.807, 2.05) is 0 Å². The summed E-state index contributed by atoms with van der Waals surface area (Å²) in [5, 5.41) is 6.88. The van der Waals surface area contributed by atoms with Gasteiger partial charge in [0.2, 0.25) is 0 Å². The third-order valence-corrected chi connectivity index (χ3v) is 5.01. The Labute approximate surface area is 147 Å². The minimum absolute atomic E-state index is 0.566. The first-order valence-corrected chi connectivity index (χ1v) is 9.76. The number of allylic oxidation sites excluding steroid dienone is 1. The highest BCUT2D eigenvalue weighted by Crippen LogP contribution is 2.19. The van der Waals surface area contributed by atoms with Gasteiger partial charge in [-0.2, -0.15) is 0 Å². The smallest absolute Gasteiger partial charge is 0.191 e. The first-order chi connectivity index (χ1) is 11.8. The van der Waals surface area contributed by atoms with Crippen LogP contribution in [0.2, 0.25) is 0 Å². The molecule has 0 aromatic rings. The molecule has 1 atom stereocenters. The van der Waals surface area contributed by atoms with E-state index < -0.39 is 0 Å². The molecule has 1 aliphatic carbocycles. The minimum atomic E-state index is 0.566. The SMILES string of the molecule is CCNC(=NCC1CCCN1CCOC)NCCC1=CCCCC1. The maximum atomic E-state index is 5.22. The molecule has 0 bridgehead atoms. The Morgan fingerprint density at radius 1 is 1.33 bits per heavy atom. The van der Waals surface area contributed by atoms with Gasteiger partial charge in [-0.05, 0) is 58.4 Å². The number of nitrogens with zero attached hydrogens (tertiary/aromatic N) is 2. The summed E-state index contributed by atoms with van der Waals surface area (Å²) in [6, 6.07) is 0.566. The summed E-state index contributed by atoms with van der Waals surface area (Å²) in [6.45, 7) is 7.91. The molecule has 0 aromatic heterocycles. The third-order valence-electron chi connectivity index (χ3n) is 5.01. The minimum Gasteiger partial charge on any atom is -0.383 e. The number of methoxy groups -OCH3 is 1. The Bertz CT molecular complexity index is 408. The fourth-order valence-corrected chi connectivity index (χ4v) is 3.62. The van der Waals surface area contributed by atoms with E-state index >= 15 is 0 Å². The molecule has 1 saturated heterocycles. The second-order valence-corrected chi connectivity index (χ2v) is 6.83. The van der Waals surface area contributed by atoms with Crippen molar-refractivity contribution in [3.8, 4) is 0 Å². The van der Waals surface area contributed by atoms with Gasteiger partial charge < -0.3 is 15.4 Å². The number of hydrogen-bond acceptors (Lipinski definition) is 3. The normalized spacial score (nSPS) is 22.5. The predicted molar refractivity (Wildman–Crippen MR) is 102 cm³/mol. The molecule has 2 N–H and O–H groups in total. The number of guanidine groups is 1. The molecule has 2 rings (SSSR count). The van der Waals surface area contributed by atoms with Crippen LogP contribution in [-0.4, -0.2) is 63.3 Å². The molecule has 0 aromatic carbocycles. The van der Waals surface area contributed by atoms with Crippen LogP contribution in [0, 0.1) is 0 Å². The fourth-order valence-electron chi connectivity index (χ4n) is 3.62. The monoisotopic (exact) mass is 336 g/mol. The van der Waals surface area contributed by atoms with Crippen molar-refractivity contribution >= 4 is 5.96 Å². The summed E-state index contributed by atoms with van der Waals surface area (Å²) in [5.74, 6) is 0.965. The highest BCUT2D eigenvalue weighted by atomic mass is 16.5. The quantitative estimate of drug-likeness (QED) is 0.386. The van der Waals surface area contributed by atoms with E-state index in [9.17, 15) is 0 Å². The van der Waals surface area contributed by atoms with Crippen LogP contribution in [0.3, 0.4) is 0 Å². The van der Waals surface area contributed by atoms with Crippen molar-refractivity contribution in [2.24, 2.45) is 4.99 Å². The summed E-state index contributed by atoms with van der Waals surface area (Å²) in [5.41, 5.74) is 1.62. The van der Waals surface area contributed by atoms with Crippen LogP contribution in [0.1, 0.15) is 51.9 Å². The van der Waals surface area contributed by atoms with E-state index in [0.29, 0.717) is 6.04 Å². The molecule has 2 aliphatic rings. The predicted octanol–water partition coefficient (Wildman–Crippen LogP) is 2.54. The van der Waals surface area contributed by atoms with Crippen molar-refractivity contribution in [2.75, 3.05) is 46.4 Å². The summed E-state index contributed by atoms with van der Waals surface area (Å²) in [7, 11) is 1.78. The van der Waals surface area contributed by atoms with Gasteiger partial charge in [0.25, 0.3) is 0 Å². The van der Waals surface area contributed by atoms with E-state index in [-0.39, 0.29) is 0 Å². The lowest BCUT2D eigenvalue weighted by Crippen LogP contribution is -2.40. The van der Waals surface area contributed by atoms with Gasteiger partial charge in [-0.15, -0.1) is 0 Å². The zero-order chi connectivity index (χ0) is 17.0. The van der Waals surface area contributed by atoms with Crippen molar-refractivity contribution in [3.05, 3.63) is 11.6 Å². The lowest BCUT2D eigenvalue weighted by Gasteiger charge is -2.23. The average molecular weight is 337 g/mol. The van der Waals surface area contributed by atoms with Gasteiger partial charge in [0.15, 0.2) is 5.96 Å². The van der Waals surface area contributed by atoms with Crippen LogP contribution in [0.5, 0.6) is 0 Å². The first-order valence-electron chi connectivity index (χ1n) is 9.76. The van der Waals surface area contributed by atoms with Gasteiger partial charge in [0.05, 0.1) is 13.2 Å². The van der Waals surface area contributed by atoms with E-state index in [0.717, 1.165) is 45.2 Å². The highest BCUT2D eigenvalue weighted by molar-refractivity contribution is 5.79. The molecule has 5 heteroatoms. The second-order valence-electron chi connectivity index (χ2n) is 6.83. The molecule has 1 aliphatic heterocycles. The third kappa shape index (κ3) is 6.81. The Balaban J connectivity index is 1.75. The molecule has 0 amide bonds. The lowest BCUT2D eigenvalue weighted by molar-refractivity contribution is 0.142. The fraction of sp³-hybridized carbons (Fsp3) is 0.842. The van der Waals surface area contributed by atoms with Crippen LogP contribution in [0.15, 0.2) is 16.6 Å². The molecular weight excluding hydrogens is 300 g/mol. The van der Waals surface area contributed by atoms with E-state index in [4.69, 9.17) is 9.73 Å². The van der Waals surface area contributed by atoms with Crippen molar-refractivity contribution in [1.29, 1.82) is 0 Å². The molecule has 1 fully saturated rings. The zero-order valence-corrected chi connectivity index (χ0v) is 15.6. The van der Waals surface area contributed by atoms with Gasteiger partial charge in [0, 0.05) is 32.8 Å². The number of hydrogen-bond donors (Lipinski definition) is 2. The maximum absolute atomic E-state index is 5.22. The van der Waals surface area contributed by atoms with Gasteiger partial charge >= 0.3 is 0 Å². The van der Waals surface area contributed by atoms with Crippen molar-refractivity contribution in [2.45, 2.75) is 57.9 Å².